The van der Waals surface area contributed by atoms with Crippen molar-refractivity contribution in [1.29, 1.82) is 0 Å². The van der Waals surface area contributed by atoms with Gasteiger partial charge >= 0.3 is 0 Å². The van der Waals surface area contributed by atoms with Gasteiger partial charge in [-0.3, -0.25) is 4.79 Å². The van der Waals surface area contributed by atoms with E-state index in [1.54, 1.807) is 7.11 Å². The highest BCUT2D eigenvalue weighted by Crippen LogP contribution is 2.17. The van der Waals surface area contributed by atoms with Gasteiger partial charge in [0.05, 0.1) is 13.7 Å². The van der Waals surface area contributed by atoms with E-state index in [0.717, 1.165) is 22.7 Å². The predicted molar refractivity (Wildman–Crippen MR) is 86.0 cm³/mol. The molecular formula is C17H20N2O2. The van der Waals surface area contributed by atoms with Gasteiger partial charge < -0.3 is 15.4 Å². The second kappa shape index (κ2) is 6.79. The van der Waals surface area contributed by atoms with E-state index in [9.17, 15) is 4.79 Å². The average Bonchev–Trinajstić information content (AvgIpc) is 2.49. The van der Waals surface area contributed by atoms with Gasteiger partial charge in [0, 0.05) is 17.4 Å². The fraction of sp³-hybridized carbons (Fsp3) is 0.235. The van der Waals surface area contributed by atoms with E-state index in [1.807, 2.05) is 56.3 Å². The Morgan fingerprint density at radius 2 is 1.86 bits per heavy atom. The van der Waals surface area contributed by atoms with Crippen molar-refractivity contribution >= 4 is 17.3 Å². The lowest BCUT2D eigenvalue weighted by Crippen LogP contribution is -2.21. The zero-order chi connectivity index (χ0) is 15.2. The smallest absolute Gasteiger partial charge is 0.243 e. The molecule has 4 heteroatoms. The van der Waals surface area contributed by atoms with Crippen LogP contribution in [0.2, 0.25) is 0 Å². The van der Waals surface area contributed by atoms with Crippen LogP contribution in [-0.4, -0.2) is 19.6 Å². The van der Waals surface area contributed by atoms with E-state index in [1.165, 1.54) is 5.56 Å². The van der Waals surface area contributed by atoms with Gasteiger partial charge in [-0.2, -0.15) is 0 Å². The Morgan fingerprint density at radius 3 is 2.57 bits per heavy atom. The second-order valence-electron chi connectivity index (χ2n) is 4.93. The summed E-state index contributed by atoms with van der Waals surface area (Å²) in [5, 5.41) is 5.95. The van der Waals surface area contributed by atoms with E-state index in [0.29, 0.717) is 0 Å². The van der Waals surface area contributed by atoms with Crippen molar-refractivity contribution in [2.45, 2.75) is 13.8 Å². The van der Waals surface area contributed by atoms with Crippen LogP contribution in [0.1, 0.15) is 11.1 Å². The Balaban J connectivity index is 1.91. The zero-order valence-corrected chi connectivity index (χ0v) is 12.6. The van der Waals surface area contributed by atoms with Crippen LogP contribution in [0.4, 0.5) is 11.4 Å². The van der Waals surface area contributed by atoms with Crippen LogP contribution in [0.15, 0.2) is 42.5 Å². The van der Waals surface area contributed by atoms with Crippen LogP contribution in [0, 0.1) is 13.8 Å². The minimum Gasteiger partial charge on any atom is -0.497 e. The largest absolute Gasteiger partial charge is 0.497 e. The fourth-order valence-corrected chi connectivity index (χ4v) is 1.94. The molecule has 2 N–H and O–H groups in total. The number of carbonyl (C=O) groups excluding carboxylic acids is 1. The molecular weight excluding hydrogens is 264 g/mol. The van der Waals surface area contributed by atoms with E-state index >= 15 is 0 Å². The van der Waals surface area contributed by atoms with Crippen molar-refractivity contribution in [2.24, 2.45) is 0 Å². The maximum atomic E-state index is 11.9. The van der Waals surface area contributed by atoms with Crippen LogP contribution in [0.3, 0.4) is 0 Å². The molecule has 0 atom stereocenters. The molecule has 0 aliphatic carbocycles. The predicted octanol–water partition coefficient (Wildman–Crippen LogP) is 3.36. The van der Waals surface area contributed by atoms with Crippen molar-refractivity contribution in [1.82, 2.24) is 0 Å². The van der Waals surface area contributed by atoms with Gasteiger partial charge in [0.25, 0.3) is 0 Å². The Bertz CT molecular complexity index is 638. The van der Waals surface area contributed by atoms with Crippen LogP contribution < -0.4 is 15.4 Å². The van der Waals surface area contributed by atoms with Gasteiger partial charge in [-0.15, -0.1) is 0 Å². The summed E-state index contributed by atoms with van der Waals surface area (Å²) < 4.78 is 5.14. The summed E-state index contributed by atoms with van der Waals surface area (Å²) in [4.78, 5) is 11.9. The number of ether oxygens (including phenoxy) is 1. The molecule has 110 valence electrons. The molecule has 0 saturated heterocycles. The van der Waals surface area contributed by atoms with E-state index < -0.39 is 0 Å². The standard InChI is InChI=1S/C17H20N2O2/c1-12-7-8-15(9-13(12)2)19-17(20)11-18-14-5-4-6-16(10-14)21-3/h4-10,18H,11H2,1-3H3,(H,19,20). The molecule has 2 rings (SSSR count). The normalized spacial score (nSPS) is 10.0. The molecule has 2 aromatic carbocycles. The van der Waals surface area contributed by atoms with Gasteiger partial charge in [-0.1, -0.05) is 12.1 Å². The summed E-state index contributed by atoms with van der Waals surface area (Å²) in [7, 11) is 1.62. The second-order valence-corrected chi connectivity index (χ2v) is 4.93. The van der Waals surface area contributed by atoms with E-state index in [4.69, 9.17) is 4.74 Å². The fourth-order valence-electron chi connectivity index (χ4n) is 1.94. The van der Waals surface area contributed by atoms with Gasteiger partial charge in [0.15, 0.2) is 0 Å². The lowest BCUT2D eigenvalue weighted by molar-refractivity contribution is -0.114. The summed E-state index contributed by atoms with van der Waals surface area (Å²) in [5.74, 6) is 0.677. The number of rotatable bonds is 5. The minimum absolute atomic E-state index is 0.0823. The topological polar surface area (TPSA) is 50.4 Å². The zero-order valence-electron chi connectivity index (χ0n) is 12.6. The Kier molecular flexibility index (Phi) is 4.82. The number of hydrogen-bond donors (Lipinski definition) is 2. The SMILES string of the molecule is COc1cccc(NCC(=O)Nc2ccc(C)c(C)c2)c1. The third-order valence-electron chi connectivity index (χ3n) is 3.31. The summed E-state index contributed by atoms with van der Waals surface area (Å²) in [6.07, 6.45) is 0. The van der Waals surface area contributed by atoms with Crippen molar-refractivity contribution < 1.29 is 9.53 Å². The average molecular weight is 284 g/mol. The quantitative estimate of drug-likeness (QED) is 0.885. The monoisotopic (exact) mass is 284 g/mol. The van der Waals surface area contributed by atoms with E-state index in [-0.39, 0.29) is 12.5 Å². The molecule has 0 heterocycles. The number of nitrogens with one attached hydrogen (secondary N) is 2. The van der Waals surface area contributed by atoms with Crippen molar-refractivity contribution in [3.63, 3.8) is 0 Å². The molecule has 4 nitrogen and oxygen atoms in total. The van der Waals surface area contributed by atoms with Crippen LogP contribution in [0.25, 0.3) is 0 Å². The van der Waals surface area contributed by atoms with Crippen molar-refractivity contribution in [2.75, 3.05) is 24.3 Å². The summed E-state index contributed by atoms with van der Waals surface area (Å²) in [6.45, 7) is 4.28. The van der Waals surface area contributed by atoms with Crippen molar-refractivity contribution in [3.8, 4) is 5.75 Å². The first kappa shape index (κ1) is 14.9. The molecule has 21 heavy (non-hydrogen) atoms. The number of methoxy groups -OCH3 is 1. The number of benzene rings is 2. The number of amides is 1. The molecule has 0 saturated carbocycles. The Labute approximate surface area is 125 Å². The number of hydrogen-bond acceptors (Lipinski definition) is 3. The summed E-state index contributed by atoms with van der Waals surface area (Å²) >= 11 is 0. The van der Waals surface area contributed by atoms with Gasteiger partial charge in [-0.05, 0) is 49.2 Å². The first-order valence-corrected chi connectivity index (χ1v) is 6.83. The number of carbonyl (C=O) groups is 1. The molecule has 0 fully saturated rings. The van der Waals surface area contributed by atoms with Gasteiger partial charge in [0.1, 0.15) is 5.75 Å². The minimum atomic E-state index is -0.0823. The molecule has 0 spiro atoms. The number of anilines is 2. The molecule has 0 radical (unpaired) electrons. The highest BCUT2D eigenvalue weighted by Gasteiger charge is 2.04. The maximum absolute atomic E-state index is 11.9. The first-order valence-electron chi connectivity index (χ1n) is 6.83. The third kappa shape index (κ3) is 4.24. The Morgan fingerprint density at radius 1 is 1.05 bits per heavy atom. The molecule has 0 aliphatic rings. The Hall–Kier alpha value is -2.49. The molecule has 0 aromatic heterocycles. The highest BCUT2D eigenvalue weighted by atomic mass is 16.5. The first-order chi connectivity index (χ1) is 10.1. The van der Waals surface area contributed by atoms with Crippen molar-refractivity contribution in [3.05, 3.63) is 53.6 Å². The lowest BCUT2D eigenvalue weighted by Gasteiger charge is -2.10. The molecule has 0 bridgehead atoms. The van der Waals surface area contributed by atoms with Gasteiger partial charge in [-0.25, -0.2) is 0 Å². The summed E-state index contributed by atoms with van der Waals surface area (Å²) in [5.41, 5.74) is 4.04. The number of aryl methyl sites for hydroxylation is 2. The van der Waals surface area contributed by atoms with Crippen LogP contribution in [0.5, 0.6) is 5.75 Å². The van der Waals surface area contributed by atoms with Gasteiger partial charge in [0.2, 0.25) is 5.91 Å². The van der Waals surface area contributed by atoms with Crippen LogP contribution >= 0.6 is 0 Å². The lowest BCUT2D eigenvalue weighted by atomic mass is 10.1. The highest BCUT2D eigenvalue weighted by molar-refractivity contribution is 5.93. The van der Waals surface area contributed by atoms with Crippen LogP contribution in [-0.2, 0) is 4.79 Å². The molecule has 2 aromatic rings. The summed E-state index contributed by atoms with van der Waals surface area (Å²) in [6, 6.07) is 13.4. The maximum Gasteiger partial charge on any atom is 0.243 e. The molecule has 1 amide bonds. The van der Waals surface area contributed by atoms with E-state index in [2.05, 4.69) is 10.6 Å². The third-order valence-corrected chi connectivity index (χ3v) is 3.31. The molecule has 0 unspecified atom stereocenters. The molecule has 0 aliphatic heterocycles.